The van der Waals surface area contributed by atoms with Gasteiger partial charge in [0.2, 0.25) is 0 Å². The molecule has 0 radical (unpaired) electrons. The van der Waals surface area contributed by atoms with Crippen LogP contribution in [0.1, 0.15) is 31.9 Å². The molecular weight excluding hydrogens is 424 g/mol. The SMILES string of the molecule is CCN(C1=C(c2ccc(OC(C)C)cc2)C(=O)N(CCc2ccccc2)C1=O)c1ccccc1. The van der Waals surface area contributed by atoms with Crippen LogP contribution in [-0.2, 0) is 16.0 Å². The summed E-state index contributed by atoms with van der Waals surface area (Å²) in [4.78, 5) is 30.6. The van der Waals surface area contributed by atoms with Crippen molar-refractivity contribution in [2.45, 2.75) is 33.3 Å². The van der Waals surface area contributed by atoms with E-state index in [2.05, 4.69) is 0 Å². The molecule has 34 heavy (non-hydrogen) atoms. The first-order valence-corrected chi connectivity index (χ1v) is 11.7. The number of anilines is 1. The summed E-state index contributed by atoms with van der Waals surface area (Å²) in [5, 5.41) is 0. The molecule has 0 N–H and O–H groups in total. The molecule has 0 aliphatic carbocycles. The number of amides is 2. The Balaban J connectivity index is 1.73. The Morgan fingerprint density at radius 3 is 2.03 bits per heavy atom. The highest BCUT2D eigenvalue weighted by Crippen LogP contribution is 2.35. The molecule has 3 aromatic rings. The summed E-state index contributed by atoms with van der Waals surface area (Å²) in [5.74, 6) is 0.209. The van der Waals surface area contributed by atoms with Crippen molar-refractivity contribution in [2.24, 2.45) is 0 Å². The van der Waals surface area contributed by atoms with E-state index in [0.29, 0.717) is 36.3 Å². The molecule has 174 valence electrons. The van der Waals surface area contributed by atoms with Crippen LogP contribution in [0.3, 0.4) is 0 Å². The molecule has 0 spiro atoms. The highest BCUT2D eigenvalue weighted by Gasteiger charge is 2.41. The Bertz CT molecular complexity index is 1170. The third-order valence-electron chi connectivity index (χ3n) is 5.78. The Kier molecular flexibility index (Phi) is 7.12. The topological polar surface area (TPSA) is 49.9 Å². The van der Waals surface area contributed by atoms with Crippen LogP contribution in [0, 0.1) is 0 Å². The van der Waals surface area contributed by atoms with Crippen molar-refractivity contribution in [2.75, 3.05) is 18.0 Å². The number of hydrogen-bond donors (Lipinski definition) is 0. The zero-order chi connectivity index (χ0) is 24.1. The molecule has 1 heterocycles. The molecule has 0 aromatic heterocycles. The van der Waals surface area contributed by atoms with Gasteiger partial charge in [0.1, 0.15) is 11.4 Å². The van der Waals surface area contributed by atoms with Gasteiger partial charge >= 0.3 is 0 Å². The Morgan fingerprint density at radius 1 is 0.824 bits per heavy atom. The van der Waals surface area contributed by atoms with Crippen LogP contribution in [0.25, 0.3) is 5.57 Å². The number of carbonyl (C=O) groups excluding carboxylic acids is 2. The van der Waals surface area contributed by atoms with Gasteiger partial charge in [0.05, 0.1) is 11.7 Å². The Hall–Kier alpha value is -3.86. The van der Waals surface area contributed by atoms with Gasteiger partial charge < -0.3 is 9.64 Å². The van der Waals surface area contributed by atoms with Crippen molar-refractivity contribution in [1.29, 1.82) is 0 Å². The molecule has 0 unspecified atom stereocenters. The molecule has 0 saturated heterocycles. The van der Waals surface area contributed by atoms with E-state index in [9.17, 15) is 9.59 Å². The number of ether oxygens (including phenoxy) is 1. The van der Waals surface area contributed by atoms with Gasteiger partial charge in [-0.2, -0.15) is 0 Å². The maximum Gasteiger partial charge on any atom is 0.278 e. The van der Waals surface area contributed by atoms with E-state index in [1.165, 1.54) is 4.90 Å². The lowest BCUT2D eigenvalue weighted by Gasteiger charge is -2.25. The smallest absolute Gasteiger partial charge is 0.278 e. The lowest BCUT2D eigenvalue weighted by Crippen LogP contribution is -2.36. The quantitative estimate of drug-likeness (QED) is 0.411. The zero-order valence-corrected chi connectivity index (χ0v) is 19.9. The van der Waals surface area contributed by atoms with Crippen molar-refractivity contribution >= 4 is 23.1 Å². The molecule has 1 aliphatic rings. The van der Waals surface area contributed by atoms with E-state index in [0.717, 1.165) is 17.0 Å². The van der Waals surface area contributed by atoms with E-state index >= 15 is 0 Å². The van der Waals surface area contributed by atoms with Crippen LogP contribution in [0.2, 0.25) is 0 Å². The summed E-state index contributed by atoms with van der Waals surface area (Å²) in [7, 11) is 0. The summed E-state index contributed by atoms with van der Waals surface area (Å²) < 4.78 is 5.76. The lowest BCUT2D eigenvalue weighted by atomic mass is 10.0. The average Bonchev–Trinajstić information content (AvgIpc) is 3.09. The van der Waals surface area contributed by atoms with Gasteiger partial charge in [-0.05, 0) is 62.6 Å². The van der Waals surface area contributed by atoms with E-state index in [4.69, 9.17) is 4.74 Å². The zero-order valence-electron chi connectivity index (χ0n) is 19.9. The van der Waals surface area contributed by atoms with Gasteiger partial charge in [0.25, 0.3) is 11.8 Å². The van der Waals surface area contributed by atoms with Gasteiger partial charge in [0, 0.05) is 18.8 Å². The van der Waals surface area contributed by atoms with Crippen molar-refractivity contribution in [3.05, 3.63) is 102 Å². The highest BCUT2D eigenvalue weighted by atomic mass is 16.5. The predicted octanol–water partition coefficient (Wildman–Crippen LogP) is 5.32. The van der Waals surface area contributed by atoms with Crippen LogP contribution in [0.5, 0.6) is 5.75 Å². The molecule has 5 heteroatoms. The number of nitrogens with zero attached hydrogens (tertiary/aromatic N) is 2. The van der Waals surface area contributed by atoms with Gasteiger partial charge in [0.15, 0.2) is 0 Å². The van der Waals surface area contributed by atoms with Crippen molar-refractivity contribution in [3.63, 3.8) is 0 Å². The minimum atomic E-state index is -0.261. The van der Waals surface area contributed by atoms with Gasteiger partial charge in [-0.25, -0.2) is 0 Å². The Morgan fingerprint density at radius 2 is 1.44 bits per heavy atom. The number of rotatable bonds is 9. The molecule has 0 saturated carbocycles. The average molecular weight is 455 g/mol. The summed E-state index contributed by atoms with van der Waals surface area (Å²) in [6.45, 7) is 6.81. The summed E-state index contributed by atoms with van der Waals surface area (Å²) in [5.41, 5.74) is 3.53. The summed E-state index contributed by atoms with van der Waals surface area (Å²) >= 11 is 0. The third-order valence-corrected chi connectivity index (χ3v) is 5.78. The molecule has 2 amide bonds. The molecule has 5 nitrogen and oxygen atoms in total. The fourth-order valence-corrected chi connectivity index (χ4v) is 4.21. The summed E-state index contributed by atoms with van der Waals surface area (Å²) in [6.07, 6.45) is 0.662. The van der Waals surface area contributed by atoms with E-state index in [1.54, 1.807) is 0 Å². The van der Waals surface area contributed by atoms with Crippen molar-refractivity contribution in [1.82, 2.24) is 4.90 Å². The molecule has 0 bridgehead atoms. The number of para-hydroxylation sites is 1. The normalized spacial score (nSPS) is 13.7. The second kappa shape index (κ2) is 10.4. The van der Waals surface area contributed by atoms with Gasteiger partial charge in [-0.15, -0.1) is 0 Å². The van der Waals surface area contributed by atoms with E-state index < -0.39 is 0 Å². The minimum absolute atomic E-state index is 0.0532. The fraction of sp³-hybridized carbons (Fsp3) is 0.241. The summed E-state index contributed by atoms with van der Waals surface area (Å²) in [6, 6.07) is 27.0. The first kappa shape index (κ1) is 23.3. The second-order valence-corrected chi connectivity index (χ2v) is 8.49. The molecule has 4 rings (SSSR count). The second-order valence-electron chi connectivity index (χ2n) is 8.49. The van der Waals surface area contributed by atoms with Crippen LogP contribution in [-0.4, -0.2) is 35.9 Å². The van der Waals surface area contributed by atoms with Crippen LogP contribution >= 0.6 is 0 Å². The van der Waals surface area contributed by atoms with Gasteiger partial charge in [-0.3, -0.25) is 14.5 Å². The van der Waals surface area contributed by atoms with E-state index in [1.807, 2.05) is 111 Å². The predicted molar refractivity (Wildman–Crippen MR) is 135 cm³/mol. The number of benzene rings is 3. The lowest BCUT2D eigenvalue weighted by molar-refractivity contribution is -0.136. The van der Waals surface area contributed by atoms with Crippen molar-refractivity contribution in [3.8, 4) is 5.75 Å². The van der Waals surface area contributed by atoms with Crippen molar-refractivity contribution < 1.29 is 14.3 Å². The number of hydrogen-bond acceptors (Lipinski definition) is 4. The molecule has 0 atom stereocenters. The minimum Gasteiger partial charge on any atom is -0.491 e. The number of imide groups is 1. The highest BCUT2D eigenvalue weighted by molar-refractivity contribution is 6.36. The first-order chi connectivity index (χ1) is 16.5. The van der Waals surface area contributed by atoms with Crippen LogP contribution in [0.4, 0.5) is 5.69 Å². The number of carbonyl (C=O) groups is 2. The monoisotopic (exact) mass is 454 g/mol. The van der Waals surface area contributed by atoms with Crippen LogP contribution < -0.4 is 9.64 Å². The van der Waals surface area contributed by atoms with Gasteiger partial charge in [-0.1, -0.05) is 60.7 Å². The number of likely N-dealkylation sites (N-methyl/N-ethyl adjacent to an activating group) is 1. The maximum atomic E-state index is 13.7. The Labute approximate surface area is 201 Å². The largest absolute Gasteiger partial charge is 0.491 e. The molecule has 1 aliphatic heterocycles. The molecule has 0 fully saturated rings. The van der Waals surface area contributed by atoms with E-state index in [-0.39, 0.29) is 17.9 Å². The standard InChI is InChI=1S/C29H30N2O3/c1-4-30(24-13-9-6-10-14-24)27-26(23-15-17-25(18-16-23)34-21(2)3)28(32)31(29(27)33)20-19-22-11-7-5-8-12-22/h5-18,21H,4,19-20H2,1-3H3. The molecular formula is C29H30N2O3. The maximum absolute atomic E-state index is 13.7. The molecule has 3 aromatic carbocycles. The van der Waals surface area contributed by atoms with Crippen LogP contribution in [0.15, 0.2) is 90.6 Å². The fourth-order valence-electron chi connectivity index (χ4n) is 4.21. The third kappa shape index (κ3) is 4.88. The first-order valence-electron chi connectivity index (χ1n) is 11.7.